The van der Waals surface area contributed by atoms with Crippen LogP contribution >= 0.6 is 0 Å². The van der Waals surface area contributed by atoms with Crippen LogP contribution in [0.25, 0.3) is 5.76 Å². The Labute approximate surface area is 123 Å². The maximum atomic E-state index is 11.1. The van der Waals surface area contributed by atoms with E-state index in [1.165, 1.54) is 0 Å². The Morgan fingerprint density at radius 2 is 1.90 bits per heavy atom. The fourth-order valence-corrected chi connectivity index (χ4v) is 2.54. The van der Waals surface area contributed by atoms with Crippen molar-refractivity contribution < 1.29 is 24.1 Å². The lowest BCUT2D eigenvalue weighted by Crippen LogP contribution is -2.03. The van der Waals surface area contributed by atoms with Gasteiger partial charge in [0.25, 0.3) is 0 Å². The Morgan fingerprint density at radius 1 is 1.19 bits per heavy atom. The van der Waals surface area contributed by atoms with Crippen molar-refractivity contribution in [2.24, 2.45) is 0 Å². The van der Waals surface area contributed by atoms with E-state index in [4.69, 9.17) is 19.3 Å². The van der Waals surface area contributed by atoms with E-state index in [1.54, 1.807) is 34.3 Å². The molecule has 0 aliphatic heterocycles. The van der Waals surface area contributed by atoms with Gasteiger partial charge in [-0.25, -0.2) is 4.79 Å². The summed E-state index contributed by atoms with van der Waals surface area (Å²) in [6.07, 6.45) is 1.66. The second-order valence-electron chi connectivity index (χ2n) is 4.66. The van der Waals surface area contributed by atoms with E-state index >= 15 is 0 Å². The van der Waals surface area contributed by atoms with Gasteiger partial charge < -0.3 is 19.3 Å². The van der Waals surface area contributed by atoms with E-state index in [-0.39, 0.29) is 11.5 Å². The van der Waals surface area contributed by atoms with E-state index in [0.717, 1.165) is 11.1 Å². The number of fused-ring (bicyclic) bond motifs is 1. The van der Waals surface area contributed by atoms with Gasteiger partial charge in [-0.3, -0.25) is 0 Å². The monoisotopic (exact) mass is 290 g/mol. The fourth-order valence-electron chi connectivity index (χ4n) is 2.54. The Kier molecular flexibility index (Phi) is 4.21. The summed E-state index contributed by atoms with van der Waals surface area (Å²) in [6.45, 7) is 1.56. The minimum atomic E-state index is -0.958. The molecule has 21 heavy (non-hydrogen) atoms. The highest BCUT2D eigenvalue weighted by atomic mass is 16.5. The maximum Gasteiger partial charge on any atom is 0.330 e. The number of carbonyl (C=O) groups is 1. The first kappa shape index (κ1) is 15.0. The number of carboxylic acids is 1. The van der Waals surface area contributed by atoms with Crippen LogP contribution in [0.4, 0.5) is 0 Å². The number of hydrogen-bond donors (Lipinski definition) is 1. The lowest BCUT2D eigenvalue weighted by atomic mass is 9.97. The number of carboxylic acid groups (broad SMARTS) is 1. The first-order chi connectivity index (χ1) is 10.0. The number of ether oxygens (including phenoxy) is 3. The van der Waals surface area contributed by atoms with E-state index in [2.05, 4.69) is 0 Å². The minimum Gasteiger partial charge on any atom is -0.496 e. The number of rotatable bonds is 5. The third-order valence-corrected chi connectivity index (χ3v) is 3.52. The Bertz CT molecular complexity index is 628. The normalized spacial score (nSPS) is 17.5. The maximum absolute atomic E-state index is 11.1. The minimum absolute atomic E-state index is 0.251. The molecule has 112 valence electrons. The van der Waals surface area contributed by atoms with Gasteiger partial charge in [-0.1, -0.05) is 18.2 Å². The molecule has 1 aromatic rings. The topological polar surface area (TPSA) is 65.0 Å². The molecule has 2 rings (SSSR count). The lowest BCUT2D eigenvalue weighted by Gasteiger charge is -2.12. The number of hydrogen-bond acceptors (Lipinski definition) is 4. The summed E-state index contributed by atoms with van der Waals surface area (Å²) in [6, 6.07) is 5.61. The van der Waals surface area contributed by atoms with Crippen LogP contribution in [-0.4, -0.2) is 32.4 Å². The van der Waals surface area contributed by atoms with Crippen molar-refractivity contribution in [2.75, 3.05) is 21.3 Å². The summed E-state index contributed by atoms with van der Waals surface area (Å²) in [4.78, 5) is 11.1. The third kappa shape index (κ3) is 2.46. The van der Waals surface area contributed by atoms with Gasteiger partial charge in [0, 0.05) is 5.57 Å². The standard InChI is InChI=1S/C16H18O5/c1-9(16(17)18)8-11-10-6-5-7-12(19-2)13(10)15(21-4)14(11)20-3/h5-8,11H,1-4H3,(H,17,18). The summed E-state index contributed by atoms with van der Waals surface area (Å²) < 4.78 is 16.3. The molecule has 0 saturated carbocycles. The molecule has 1 aliphatic carbocycles. The predicted octanol–water partition coefficient (Wildman–Crippen LogP) is 2.78. The number of allylic oxidation sites excluding steroid dienone is 1. The van der Waals surface area contributed by atoms with Crippen molar-refractivity contribution in [3.8, 4) is 5.75 Å². The average Bonchev–Trinajstić information content (AvgIpc) is 2.79. The molecular formula is C16H18O5. The molecule has 1 atom stereocenters. The largest absolute Gasteiger partial charge is 0.496 e. The van der Waals surface area contributed by atoms with E-state index < -0.39 is 5.97 Å². The second kappa shape index (κ2) is 5.91. The molecule has 1 aromatic carbocycles. The first-order valence-electron chi connectivity index (χ1n) is 6.46. The molecule has 0 spiro atoms. The molecule has 5 nitrogen and oxygen atoms in total. The third-order valence-electron chi connectivity index (χ3n) is 3.52. The predicted molar refractivity (Wildman–Crippen MR) is 78.1 cm³/mol. The van der Waals surface area contributed by atoms with Gasteiger partial charge in [0.2, 0.25) is 0 Å². The van der Waals surface area contributed by atoms with Crippen molar-refractivity contribution in [2.45, 2.75) is 12.8 Å². The number of methoxy groups -OCH3 is 3. The summed E-state index contributed by atoms with van der Waals surface area (Å²) in [5.74, 6) is 0.566. The number of benzene rings is 1. The van der Waals surface area contributed by atoms with Gasteiger partial charge >= 0.3 is 5.97 Å². The van der Waals surface area contributed by atoms with Gasteiger partial charge in [0.15, 0.2) is 5.76 Å². The van der Waals surface area contributed by atoms with Crippen molar-refractivity contribution >= 4 is 11.7 Å². The summed E-state index contributed by atoms with van der Waals surface area (Å²) in [5, 5.41) is 9.09. The smallest absolute Gasteiger partial charge is 0.330 e. The highest BCUT2D eigenvalue weighted by Gasteiger charge is 2.35. The van der Waals surface area contributed by atoms with Gasteiger partial charge in [0.1, 0.15) is 11.5 Å². The highest BCUT2D eigenvalue weighted by Crippen LogP contribution is 2.47. The molecule has 1 unspecified atom stereocenters. The second-order valence-corrected chi connectivity index (χ2v) is 4.66. The van der Waals surface area contributed by atoms with Gasteiger partial charge in [0.05, 0.1) is 32.8 Å². The molecule has 0 aromatic heterocycles. The average molecular weight is 290 g/mol. The summed E-state index contributed by atoms with van der Waals surface area (Å²) in [7, 11) is 4.69. The van der Waals surface area contributed by atoms with Crippen LogP contribution < -0.4 is 4.74 Å². The highest BCUT2D eigenvalue weighted by molar-refractivity contribution is 5.87. The molecule has 1 aliphatic rings. The SMILES string of the molecule is COC1=C(OC)C(C=C(C)C(=O)O)c2cccc(OC)c21. The van der Waals surface area contributed by atoms with Crippen LogP contribution in [0.1, 0.15) is 24.0 Å². The Morgan fingerprint density at radius 3 is 2.43 bits per heavy atom. The Balaban J connectivity index is 2.66. The van der Waals surface area contributed by atoms with Crippen LogP contribution in [0.15, 0.2) is 35.6 Å². The molecule has 0 saturated heterocycles. The molecular weight excluding hydrogens is 272 g/mol. The van der Waals surface area contributed by atoms with Crippen molar-refractivity contribution in [1.29, 1.82) is 0 Å². The van der Waals surface area contributed by atoms with Crippen LogP contribution in [0.2, 0.25) is 0 Å². The molecule has 0 bridgehead atoms. The van der Waals surface area contributed by atoms with Gasteiger partial charge in [-0.05, 0) is 18.6 Å². The molecule has 5 heteroatoms. The quantitative estimate of drug-likeness (QED) is 0.845. The van der Waals surface area contributed by atoms with Crippen molar-refractivity contribution in [3.05, 3.63) is 46.7 Å². The zero-order valence-corrected chi connectivity index (χ0v) is 12.5. The zero-order chi connectivity index (χ0) is 15.6. The van der Waals surface area contributed by atoms with Gasteiger partial charge in [-0.2, -0.15) is 0 Å². The van der Waals surface area contributed by atoms with Crippen LogP contribution in [0.5, 0.6) is 5.75 Å². The first-order valence-corrected chi connectivity index (χ1v) is 6.46. The molecule has 1 N–H and O–H groups in total. The lowest BCUT2D eigenvalue weighted by molar-refractivity contribution is -0.132. The van der Waals surface area contributed by atoms with Crippen LogP contribution in [-0.2, 0) is 14.3 Å². The van der Waals surface area contributed by atoms with Crippen LogP contribution in [0.3, 0.4) is 0 Å². The number of aliphatic carboxylic acids is 1. The van der Waals surface area contributed by atoms with E-state index in [1.807, 2.05) is 18.2 Å². The zero-order valence-electron chi connectivity index (χ0n) is 12.5. The summed E-state index contributed by atoms with van der Waals surface area (Å²) in [5.41, 5.74) is 1.96. The van der Waals surface area contributed by atoms with Crippen molar-refractivity contribution in [1.82, 2.24) is 0 Å². The molecule has 0 fully saturated rings. The molecule has 0 heterocycles. The Hall–Kier alpha value is -2.43. The van der Waals surface area contributed by atoms with Crippen molar-refractivity contribution in [3.63, 3.8) is 0 Å². The van der Waals surface area contributed by atoms with Crippen LogP contribution in [0, 0.1) is 0 Å². The summed E-state index contributed by atoms with van der Waals surface area (Å²) >= 11 is 0. The fraction of sp³-hybridized carbons (Fsp3) is 0.312. The molecule has 0 amide bonds. The van der Waals surface area contributed by atoms with Gasteiger partial charge in [-0.15, -0.1) is 0 Å². The van der Waals surface area contributed by atoms with E-state index in [9.17, 15) is 4.79 Å². The van der Waals surface area contributed by atoms with E-state index in [0.29, 0.717) is 17.3 Å². The molecule has 0 radical (unpaired) electrons.